The molecule has 0 bridgehead atoms. The number of fused-ring (bicyclic) bond motifs is 3. The average molecular weight is 637 g/mol. The lowest BCUT2D eigenvalue weighted by Gasteiger charge is -2.36. The number of hydrogen-bond acceptors (Lipinski definition) is 5. The van der Waals surface area contributed by atoms with E-state index in [0.717, 1.165) is 61.7 Å². The van der Waals surface area contributed by atoms with Crippen molar-refractivity contribution in [1.29, 1.82) is 0 Å². The molecule has 6 aromatic carbocycles. The zero-order chi connectivity index (χ0) is 32.5. The van der Waals surface area contributed by atoms with E-state index >= 15 is 0 Å². The van der Waals surface area contributed by atoms with Crippen LogP contribution < -0.4 is 9.80 Å². The lowest BCUT2D eigenvalue weighted by atomic mass is 9.92. The number of nitrogens with zero attached hydrogens (tertiary/aromatic N) is 4. The maximum atomic E-state index is 4.84. The first-order valence-corrected chi connectivity index (χ1v) is 16.8. The van der Waals surface area contributed by atoms with Gasteiger partial charge < -0.3 is 4.90 Å². The summed E-state index contributed by atoms with van der Waals surface area (Å²) in [6.45, 7) is 6.49. The molecular formula is C43H32N4S. The van der Waals surface area contributed by atoms with Crippen molar-refractivity contribution in [3.05, 3.63) is 170 Å². The molecule has 0 saturated carbocycles. The van der Waals surface area contributed by atoms with Gasteiger partial charge in [-0.25, -0.2) is 4.98 Å². The Balaban J connectivity index is 1.44. The van der Waals surface area contributed by atoms with Gasteiger partial charge in [0.05, 0.1) is 28.9 Å². The van der Waals surface area contributed by atoms with Crippen LogP contribution in [0.1, 0.15) is 18.1 Å². The maximum absolute atomic E-state index is 4.84. The van der Waals surface area contributed by atoms with Crippen LogP contribution in [0.25, 0.3) is 34.1 Å². The van der Waals surface area contributed by atoms with Crippen LogP contribution in [0, 0.1) is 0 Å². The molecule has 0 unspecified atom stereocenters. The van der Waals surface area contributed by atoms with E-state index in [-0.39, 0.29) is 0 Å². The molecule has 48 heavy (non-hydrogen) atoms. The van der Waals surface area contributed by atoms with Crippen LogP contribution in [-0.2, 0) is 0 Å². The highest BCUT2D eigenvalue weighted by molar-refractivity contribution is 7.99. The Bertz CT molecular complexity index is 2250. The summed E-state index contributed by atoms with van der Waals surface area (Å²) in [4.78, 5) is 16.4. The molecule has 2 heterocycles. The van der Waals surface area contributed by atoms with Gasteiger partial charge in [-0.05, 0) is 54.4 Å². The number of rotatable bonds is 7. The third-order valence-corrected chi connectivity index (χ3v) is 9.80. The van der Waals surface area contributed by atoms with E-state index in [4.69, 9.17) is 4.98 Å². The van der Waals surface area contributed by atoms with Gasteiger partial charge in [0.2, 0.25) is 0 Å². The van der Waals surface area contributed by atoms with Crippen molar-refractivity contribution < 1.29 is 0 Å². The first kappa shape index (κ1) is 29.5. The molecule has 0 atom stereocenters. The largest absolute Gasteiger partial charge is 0.307 e. The summed E-state index contributed by atoms with van der Waals surface area (Å²) >= 11 is 1.81. The molecule has 8 rings (SSSR count). The molecule has 0 fully saturated rings. The summed E-state index contributed by atoms with van der Waals surface area (Å²) < 4.78 is 0. The summed E-state index contributed by atoms with van der Waals surface area (Å²) in [7, 11) is 0. The van der Waals surface area contributed by atoms with Gasteiger partial charge in [0.15, 0.2) is 5.82 Å². The van der Waals surface area contributed by atoms with Crippen molar-refractivity contribution in [2.24, 2.45) is 0 Å². The predicted octanol–water partition coefficient (Wildman–Crippen LogP) is 12.4. The van der Waals surface area contributed by atoms with E-state index in [1.807, 2.05) is 30.1 Å². The van der Waals surface area contributed by atoms with Crippen molar-refractivity contribution in [2.45, 2.75) is 16.7 Å². The van der Waals surface area contributed by atoms with Crippen LogP contribution in [0.5, 0.6) is 0 Å². The van der Waals surface area contributed by atoms with Crippen LogP contribution in [0.15, 0.2) is 168 Å². The summed E-state index contributed by atoms with van der Waals surface area (Å²) in [5.74, 6) is 0.724. The van der Waals surface area contributed by atoms with Crippen LogP contribution >= 0.6 is 11.8 Å². The highest BCUT2D eigenvalue weighted by Crippen LogP contribution is 2.56. The van der Waals surface area contributed by atoms with Crippen LogP contribution in [0.2, 0.25) is 0 Å². The topological polar surface area (TPSA) is 32.3 Å². The summed E-state index contributed by atoms with van der Waals surface area (Å²) in [6, 6.07) is 45.1. The van der Waals surface area contributed by atoms with E-state index in [2.05, 4.69) is 162 Å². The Kier molecular flexibility index (Phi) is 7.81. The number of aromatic nitrogens is 2. The Morgan fingerprint density at radius 1 is 0.667 bits per heavy atom. The third kappa shape index (κ3) is 5.05. The van der Waals surface area contributed by atoms with Crippen molar-refractivity contribution >= 4 is 68.9 Å². The molecule has 5 heteroatoms. The highest BCUT2D eigenvalue weighted by Gasteiger charge is 2.31. The molecule has 230 valence electrons. The van der Waals surface area contributed by atoms with Gasteiger partial charge in [0.1, 0.15) is 0 Å². The van der Waals surface area contributed by atoms with Crippen LogP contribution in [-0.4, -0.2) is 9.97 Å². The molecule has 1 aromatic heterocycles. The van der Waals surface area contributed by atoms with Crippen molar-refractivity contribution in [2.75, 3.05) is 9.80 Å². The second-order valence-corrected chi connectivity index (χ2v) is 12.5. The van der Waals surface area contributed by atoms with Crippen molar-refractivity contribution in [3.63, 3.8) is 0 Å². The zero-order valence-corrected chi connectivity index (χ0v) is 27.3. The SMILES string of the molecule is C=Cc1c(/C=C\C)c(N2c3ccccc3Sc3ccccc32)c2ccccc2c1N(c1ccc(-c2ccccc2)cc1)c1cnccn1. The lowest BCUT2D eigenvalue weighted by molar-refractivity contribution is 1.12. The number of para-hydroxylation sites is 2. The van der Waals surface area contributed by atoms with Gasteiger partial charge in [0.25, 0.3) is 0 Å². The fourth-order valence-corrected chi connectivity index (χ4v) is 7.68. The fraction of sp³-hybridized carbons (Fsp3) is 0.0233. The minimum atomic E-state index is 0.724. The maximum Gasteiger partial charge on any atom is 0.156 e. The molecule has 4 nitrogen and oxygen atoms in total. The minimum absolute atomic E-state index is 0.724. The molecule has 0 radical (unpaired) electrons. The molecule has 0 spiro atoms. The van der Waals surface area contributed by atoms with E-state index in [0.29, 0.717) is 0 Å². The fourth-order valence-electron chi connectivity index (χ4n) is 6.63. The van der Waals surface area contributed by atoms with Gasteiger partial charge in [-0.2, -0.15) is 0 Å². The smallest absolute Gasteiger partial charge is 0.156 e. The Hall–Kier alpha value is -5.91. The molecule has 0 N–H and O–H groups in total. The molecule has 7 aromatic rings. The van der Waals surface area contributed by atoms with E-state index in [1.165, 1.54) is 15.4 Å². The summed E-state index contributed by atoms with van der Waals surface area (Å²) in [6.07, 6.45) is 11.6. The molecular weight excluding hydrogens is 605 g/mol. The predicted molar refractivity (Wildman–Crippen MR) is 203 cm³/mol. The Morgan fingerprint density at radius 2 is 1.29 bits per heavy atom. The van der Waals surface area contributed by atoms with Gasteiger partial charge in [-0.1, -0.05) is 128 Å². The van der Waals surface area contributed by atoms with Crippen LogP contribution in [0.4, 0.5) is 34.3 Å². The highest BCUT2D eigenvalue weighted by atomic mass is 32.2. The second kappa shape index (κ2) is 12.7. The molecule has 1 aliphatic heterocycles. The first-order valence-electron chi connectivity index (χ1n) is 16.0. The monoisotopic (exact) mass is 636 g/mol. The standard InChI is InChI=1S/C43H32N4S/c1-3-14-34-33(4-2)42(46(41-29-44-27-28-45-41)32-25-23-31(24-26-32)30-15-6-5-7-16-30)35-17-8-9-18-36(35)43(34)47-37-19-10-12-21-39(37)48-40-22-13-11-20-38(40)47/h3-29H,2H2,1H3/b14-3-. The van der Waals surface area contributed by atoms with E-state index in [9.17, 15) is 0 Å². The zero-order valence-electron chi connectivity index (χ0n) is 26.5. The second-order valence-electron chi connectivity index (χ2n) is 11.5. The molecule has 0 saturated heterocycles. The third-order valence-electron chi connectivity index (χ3n) is 8.67. The van der Waals surface area contributed by atoms with E-state index in [1.54, 1.807) is 12.4 Å². The van der Waals surface area contributed by atoms with Crippen molar-refractivity contribution in [3.8, 4) is 11.1 Å². The molecule has 0 amide bonds. The Labute approximate surface area is 285 Å². The summed E-state index contributed by atoms with van der Waals surface area (Å²) in [5, 5.41) is 2.21. The van der Waals surface area contributed by atoms with Gasteiger partial charge >= 0.3 is 0 Å². The molecule has 1 aliphatic rings. The lowest BCUT2D eigenvalue weighted by Crippen LogP contribution is -2.19. The van der Waals surface area contributed by atoms with Gasteiger partial charge in [0, 0.05) is 49.8 Å². The number of hydrogen-bond donors (Lipinski definition) is 0. The average Bonchev–Trinajstić information content (AvgIpc) is 3.15. The summed E-state index contributed by atoms with van der Waals surface area (Å²) in [5.41, 5.74) is 9.81. The normalized spacial score (nSPS) is 12.1. The number of allylic oxidation sites excluding steroid dienone is 1. The first-order chi connectivity index (χ1) is 23.8. The minimum Gasteiger partial charge on any atom is -0.307 e. The molecule has 0 aliphatic carbocycles. The number of anilines is 6. The van der Waals surface area contributed by atoms with Gasteiger partial charge in [-0.15, -0.1) is 0 Å². The number of benzene rings is 6. The van der Waals surface area contributed by atoms with Gasteiger partial charge in [-0.3, -0.25) is 9.88 Å². The Morgan fingerprint density at radius 3 is 1.94 bits per heavy atom. The van der Waals surface area contributed by atoms with Crippen molar-refractivity contribution in [1.82, 2.24) is 9.97 Å². The van der Waals surface area contributed by atoms with E-state index < -0.39 is 0 Å². The quantitative estimate of drug-likeness (QED) is 0.174. The van der Waals surface area contributed by atoms with Crippen LogP contribution in [0.3, 0.4) is 0 Å².